The Kier molecular flexibility index (Phi) is 4.38. The summed E-state index contributed by atoms with van der Waals surface area (Å²) < 4.78 is 19.0. The van der Waals surface area contributed by atoms with Gasteiger partial charge in [0.05, 0.1) is 12.3 Å². The molecule has 19 heavy (non-hydrogen) atoms. The molecule has 0 spiro atoms. The van der Waals surface area contributed by atoms with E-state index in [1.165, 1.54) is 0 Å². The molecule has 1 aromatic heterocycles. The zero-order chi connectivity index (χ0) is 13.8. The molecule has 2 aromatic rings. The van der Waals surface area contributed by atoms with Crippen molar-refractivity contribution < 1.29 is 8.81 Å². The molecule has 0 saturated heterocycles. The van der Waals surface area contributed by atoms with Crippen LogP contribution in [0.25, 0.3) is 0 Å². The first-order valence-electron chi connectivity index (χ1n) is 6.67. The highest BCUT2D eigenvalue weighted by Gasteiger charge is 2.20. The molecule has 102 valence electrons. The first kappa shape index (κ1) is 13.8. The molecule has 1 heterocycles. The summed E-state index contributed by atoms with van der Waals surface area (Å²) in [5.74, 6) is 0.679. The van der Waals surface area contributed by atoms with E-state index in [9.17, 15) is 4.39 Å². The Bertz CT molecular complexity index is 511. The van der Waals surface area contributed by atoms with E-state index >= 15 is 0 Å². The molecule has 0 bridgehead atoms. The highest BCUT2D eigenvalue weighted by Crippen LogP contribution is 2.29. The summed E-state index contributed by atoms with van der Waals surface area (Å²) in [6, 6.07) is 6.97. The van der Waals surface area contributed by atoms with Crippen LogP contribution in [0.4, 0.5) is 4.39 Å². The Morgan fingerprint density at radius 1 is 1.26 bits per heavy atom. The highest BCUT2D eigenvalue weighted by molar-refractivity contribution is 5.40. The van der Waals surface area contributed by atoms with Gasteiger partial charge < -0.3 is 9.73 Å². The quantitative estimate of drug-likeness (QED) is 0.875. The van der Waals surface area contributed by atoms with Crippen LogP contribution in [-0.4, -0.2) is 6.54 Å². The number of halogens is 1. The minimum absolute atomic E-state index is 0.0180. The Hall–Kier alpha value is -1.61. The number of furan rings is 1. The van der Waals surface area contributed by atoms with Crippen LogP contribution >= 0.6 is 0 Å². The van der Waals surface area contributed by atoms with Crippen LogP contribution in [0, 0.1) is 19.7 Å². The first-order valence-corrected chi connectivity index (χ1v) is 6.67. The molecule has 0 aliphatic heterocycles. The number of hydrogen-bond donors (Lipinski definition) is 1. The maximum atomic E-state index is 13.4. The Labute approximate surface area is 113 Å². The third-order valence-corrected chi connectivity index (χ3v) is 3.27. The topological polar surface area (TPSA) is 25.2 Å². The zero-order valence-electron chi connectivity index (χ0n) is 11.7. The number of hydrogen-bond acceptors (Lipinski definition) is 2. The molecule has 2 nitrogen and oxygen atoms in total. The van der Waals surface area contributed by atoms with Crippen LogP contribution in [0.3, 0.4) is 0 Å². The smallest absolute Gasteiger partial charge is 0.125 e. The van der Waals surface area contributed by atoms with Crippen LogP contribution in [-0.2, 0) is 0 Å². The van der Waals surface area contributed by atoms with E-state index in [-0.39, 0.29) is 11.9 Å². The maximum Gasteiger partial charge on any atom is 0.125 e. The van der Waals surface area contributed by atoms with Gasteiger partial charge in [0.15, 0.2) is 0 Å². The molecule has 0 fully saturated rings. The van der Waals surface area contributed by atoms with Gasteiger partial charge in [0.2, 0.25) is 0 Å². The van der Waals surface area contributed by atoms with Crippen LogP contribution in [0.1, 0.15) is 41.8 Å². The second-order valence-electron chi connectivity index (χ2n) is 4.86. The van der Waals surface area contributed by atoms with Crippen LogP contribution in [0.5, 0.6) is 0 Å². The van der Waals surface area contributed by atoms with Crippen molar-refractivity contribution in [2.24, 2.45) is 0 Å². The van der Waals surface area contributed by atoms with Crippen molar-refractivity contribution in [3.8, 4) is 0 Å². The van der Waals surface area contributed by atoms with Crippen molar-refractivity contribution in [3.63, 3.8) is 0 Å². The predicted octanol–water partition coefficient (Wildman–Crippen LogP) is 4.12. The normalized spacial score (nSPS) is 12.6. The van der Waals surface area contributed by atoms with Crippen LogP contribution in [0.2, 0.25) is 0 Å². The molecule has 1 aromatic carbocycles. The lowest BCUT2D eigenvalue weighted by atomic mass is 9.94. The summed E-state index contributed by atoms with van der Waals surface area (Å²) in [5.41, 5.74) is 3.00. The van der Waals surface area contributed by atoms with Gasteiger partial charge in [-0.1, -0.05) is 6.92 Å². The third-order valence-electron chi connectivity index (χ3n) is 3.27. The Morgan fingerprint density at radius 3 is 2.47 bits per heavy atom. The van der Waals surface area contributed by atoms with E-state index in [1.807, 2.05) is 26.0 Å². The molecular weight excluding hydrogens is 241 g/mol. The monoisotopic (exact) mass is 261 g/mol. The fraction of sp³-hybridized carbons (Fsp3) is 0.375. The van der Waals surface area contributed by atoms with Crippen molar-refractivity contribution in [1.29, 1.82) is 0 Å². The largest absolute Gasteiger partial charge is 0.467 e. The zero-order valence-corrected chi connectivity index (χ0v) is 11.7. The molecule has 1 atom stereocenters. The average molecular weight is 261 g/mol. The van der Waals surface area contributed by atoms with Gasteiger partial charge in [-0.05, 0) is 67.8 Å². The number of rotatable bonds is 5. The van der Waals surface area contributed by atoms with Crippen LogP contribution < -0.4 is 5.32 Å². The van der Waals surface area contributed by atoms with Crippen molar-refractivity contribution in [2.45, 2.75) is 33.2 Å². The molecule has 0 aliphatic rings. The van der Waals surface area contributed by atoms with Crippen molar-refractivity contribution in [2.75, 3.05) is 6.54 Å². The van der Waals surface area contributed by atoms with Gasteiger partial charge in [-0.2, -0.15) is 0 Å². The van der Waals surface area contributed by atoms with Gasteiger partial charge in [-0.25, -0.2) is 4.39 Å². The third kappa shape index (κ3) is 3.04. The second-order valence-corrected chi connectivity index (χ2v) is 4.86. The fourth-order valence-corrected chi connectivity index (χ4v) is 2.47. The maximum absolute atomic E-state index is 13.4. The standard InChI is InChI=1S/C16H20FNO/c1-4-7-18-16(14-6-5-8-19-14)15-11(2)9-13(17)10-12(15)3/h5-6,8-10,16,18H,4,7H2,1-3H3. The van der Waals surface area contributed by atoms with Gasteiger partial charge in [0.1, 0.15) is 11.6 Å². The predicted molar refractivity (Wildman–Crippen MR) is 74.7 cm³/mol. The highest BCUT2D eigenvalue weighted by atomic mass is 19.1. The summed E-state index contributed by atoms with van der Waals surface area (Å²) in [6.07, 6.45) is 2.71. The van der Waals surface area contributed by atoms with E-state index in [2.05, 4.69) is 12.2 Å². The number of benzene rings is 1. The van der Waals surface area contributed by atoms with E-state index in [0.29, 0.717) is 0 Å². The molecule has 0 amide bonds. The van der Waals surface area contributed by atoms with E-state index in [4.69, 9.17) is 4.42 Å². The summed E-state index contributed by atoms with van der Waals surface area (Å²) in [4.78, 5) is 0. The summed E-state index contributed by atoms with van der Waals surface area (Å²) in [6.45, 7) is 6.89. The summed E-state index contributed by atoms with van der Waals surface area (Å²) >= 11 is 0. The molecular formula is C16H20FNO. The van der Waals surface area contributed by atoms with Gasteiger partial charge in [-0.3, -0.25) is 0 Å². The number of aryl methyl sites for hydroxylation is 2. The van der Waals surface area contributed by atoms with E-state index in [1.54, 1.807) is 18.4 Å². The molecule has 1 unspecified atom stereocenters. The molecule has 1 N–H and O–H groups in total. The molecule has 2 rings (SSSR count). The van der Waals surface area contributed by atoms with Gasteiger partial charge >= 0.3 is 0 Å². The average Bonchev–Trinajstić information content (AvgIpc) is 2.85. The van der Waals surface area contributed by atoms with Crippen molar-refractivity contribution in [3.05, 3.63) is 58.8 Å². The lowest BCUT2D eigenvalue weighted by Crippen LogP contribution is -2.24. The SMILES string of the molecule is CCCNC(c1ccco1)c1c(C)cc(F)cc1C. The van der Waals surface area contributed by atoms with Gasteiger partial charge in [0, 0.05) is 0 Å². The van der Waals surface area contributed by atoms with Gasteiger partial charge in [-0.15, -0.1) is 0 Å². The molecule has 0 radical (unpaired) electrons. The molecule has 0 saturated carbocycles. The first-order chi connectivity index (χ1) is 9.13. The van der Waals surface area contributed by atoms with Crippen LogP contribution in [0.15, 0.2) is 34.9 Å². The Balaban J connectivity index is 2.44. The lowest BCUT2D eigenvalue weighted by Gasteiger charge is -2.21. The van der Waals surface area contributed by atoms with E-state index < -0.39 is 0 Å². The molecule has 0 aliphatic carbocycles. The molecule has 3 heteroatoms. The lowest BCUT2D eigenvalue weighted by molar-refractivity contribution is 0.444. The van der Waals surface area contributed by atoms with E-state index in [0.717, 1.165) is 35.4 Å². The van der Waals surface area contributed by atoms with Crippen molar-refractivity contribution in [1.82, 2.24) is 5.32 Å². The fourth-order valence-electron chi connectivity index (χ4n) is 2.47. The summed E-state index contributed by atoms with van der Waals surface area (Å²) in [5, 5.41) is 3.47. The second kappa shape index (κ2) is 6.02. The summed E-state index contributed by atoms with van der Waals surface area (Å²) in [7, 11) is 0. The number of nitrogens with one attached hydrogen (secondary N) is 1. The van der Waals surface area contributed by atoms with Crippen molar-refractivity contribution >= 4 is 0 Å². The van der Waals surface area contributed by atoms with Gasteiger partial charge in [0.25, 0.3) is 0 Å². The minimum atomic E-state index is -0.188. The Morgan fingerprint density at radius 2 is 1.95 bits per heavy atom. The minimum Gasteiger partial charge on any atom is -0.467 e.